The Morgan fingerprint density at radius 2 is 2.13 bits per heavy atom. The zero-order chi connectivity index (χ0) is 16.2. The highest BCUT2D eigenvalue weighted by molar-refractivity contribution is 5.33. The van der Waals surface area contributed by atoms with Crippen molar-refractivity contribution < 1.29 is 4.92 Å². The first-order valence-electron chi connectivity index (χ1n) is 7.62. The number of non-ortho nitro benzene ring substituents is 1. The normalized spacial score (nSPS) is 18.0. The van der Waals surface area contributed by atoms with Gasteiger partial charge in [-0.15, -0.1) is 0 Å². The van der Waals surface area contributed by atoms with Gasteiger partial charge < -0.3 is 5.32 Å². The molecular formula is C16H19N5O2. The molecule has 1 unspecified atom stereocenters. The lowest BCUT2D eigenvalue weighted by atomic mass is 10.2. The Morgan fingerprint density at radius 1 is 1.35 bits per heavy atom. The molecule has 2 aromatic rings. The molecule has 7 nitrogen and oxygen atoms in total. The number of hydrogen-bond acceptors (Lipinski definition) is 6. The lowest BCUT2D eigenvalue weighted by Crippen LogP contribution is -2.26. The van der Waals surface area contributed by atoms with Crippen molar-refractivity contribution in [2.24, 2.45) is 0 Å². The van der Waals surface area contributed by atoms with Gasteiger partial charge in [0.1, 0.15) is 0 Å². The Labute approximate surface area is 134 Å². The van der Waals surface area contributed by atoms with E-state index in [1.165, 1.54) is 0 Å². The van der Waals surface area contributed by atoms with E-state index < -0.39 is 0 Å². The number of nitrogens with zero attached hydrogens (tertiary/aromatic N) is 4. The molecule has 2 heterocycles. The molecule has 1 saturated heterocycles. The second-order valence-corrected chi connectivity index (χ2v) is 5.81. The van der Waals surface area contributed by atoms with Gasteiger partial charge >= 0.3 is 0 Å². The lowest BCUT2D eigenvalue weighted by Gasteiger charge is -2.16. The Hall–Kier alpha value is -2.54. The van der Waals surface area contributed by atoms with Crippen molar-refractivity contribution in [1.29, 1.82) is 0 Å². The summed E-state index contributed by atoms with van der Waals surface area (Å²) < 4.78 is 0. The molecule has 1 aliphatic heterocycles. The van der Waals surface area contributed by atoms with Crippen LogP contribution in [0.4, 0.5) is 11.6 Å². The summed E-state index contributed by atoms with van der Waals surface area (Å²) in [4.78, 5) is 21.2. The molecule has 120 valence electrons. The third-order valence-corrected chi connectivity index (χ3v) is 3.95. The number of nitrogens with one attached hydrogen (secondary N) is 1. The minimum Gasteiger partial charge on any atom is -0.350 e. The number of hydrogen-bond donors (Lipinski definition) is 1. The highest BCUT2D eigenvalue weighted by Gasteiger charge is 2.23. The summed E-state index contributed by atoms with van der Waals surface area (Å²) in [6.07, 6.45) is 2.79. The summed E-state index contributed by atoms with van der Waals surface area (Å²) in [5, 5.41) is 14.0. The fraction of sp³-hybridized carbons (Fsp3) is 0.375. The molecule has 1 aromatic heterocycles. The second-order valence-electron chi connectivity index (χ2n) is 5.81. The monoisotopic (exact) mass is 313 g/mol. The molecule has 0 spiro atoms. The van der Waals surface area contributed by atoms with Crippen molar-refractivity contribution in [2.75, 3.05) is 18.4 Å². The summed E-state index contributed by atoms with van der Waals surface area (Å²) in [6, 6.07) is 8.96. The maximum atomic E-state index is 10.7. The van der Waals surface area contributed by atoms with Crippen molar-refractivity contribution in [2.45, 2.75) is 25.9 Å². The molecule has 0 bridgehead atoms. The van der Waals surface area contributed by atoms with E-state index in [0.717, 1.165) is 37.3 Å². The van der Waals surface area contributed by atoms with E-state index >= 15 is 0 Å². The molecule has 1 atom stereocenters. The van der Waals surface area contributed by atoms with Crippen molar-refractivity contribution >= 4 is 11.6 Å². The Balaban J connectivity index is 1.54. The lowest BCUT2D eigenvalue weighted by molar-refractivity contribution is -0.384. The molecule has 1 aliphatic rings. The summed E-state index contributed by atoms with van der Waals surface area (Å²) in [5.41, 5.74) is 2.16. The van der Waals surface area contributed by atoms with Crippen LogP contribution in [-0.4, -0.2) is 38.9 Å². The van der Waals surface area contributed by atoms with Crippen molar-refractivity contribution in [3.8, 4) is 0 Å². The van der Waals surface area contributed by atoms with Crippen LogP contribution in [0, 0.1) is 17.0 Å². The van der Waals surface area contributed by atoms with Gasteiger partial charge in [-0.1, -0.05) is 12.1 Å². The van der Waals surface area contributed by atoms with E-state index in [0.29, 0.717) is 12.0 Å². The van der Waals surface area contributed by atoms with Gasteiger partial charge in [-0.25, -0.2) is 9.97 Å². The molecule has 0 aliphatic carbocycles. The zero-order valence-electron chi connectivity index (χ0n) is 13.0. The first-order chi connectivity index (χ1) is 11.1. The van der Waals surface area contributed by atoms with Crippen LogP contribution < -0.4 is 5.32 Å². The topological polar surface area (TPSA) is 84.2 Å². The van der Waals surface area contributed by atoms with Crippen LogP contribution in [0.3, 0.4) is 0 Å². The first kappa shape index (κ1) is 15.4. The number of aromatic nitrogens is 2. The average Bonchev–Trinajstić information content (AvgIpc) is 2.95. The maximum Gasteiger partial charge on any atom is 0.269 e. The highest BCUT2D eigenvalue weighted by atomic mass is 16.6. The van der Waals surface area contributed by atoms with Crippen LogP contribution in [-0.2, 0) is 6.54 Å². The van der Waals surface area contributed by atoms with Gasteiger partial charge in [-0.05, 0) is 25.0 Å². The van der Waals surface area contributed by atoms with Crippen LogP contribution >= 0.6 is 0 Å². The number of aryl methyl sites for hydroxylation is 1. The fourth-order valence-corrected chi connectivity index (χ4v) is 2.78. The molecule has 0 amide bonds. The molecule has 23 heavy (non-hydrogen) atoms. The van der Waals surface area contributed by atoms with Gasteiger partial charge in [-0.3, -0.25) is 15.0 Å². The predicted molar refractivity (Wildman–Crippen MR) is 87.2 cm³/mol. The third-order valence-electron chi connectivity index (χ3n) is 3.95. The van der Waals surface area contributed by atoms with Gasteiger partial charge in [0.05, 0.1) is 4.92 Å². The number of anilines is 1. The molecule has 7 heteroatoms. The van der Waals surface area contributed by atoms with Crippen molar-refractivity contribution in [3.05, 3.63) is 57.9 Å². The predicted octanol–water partition coefficient (Wildman–Crippen LogP) is 2.38. The van der Waals surface area contributed by atoms with Gasteiger partial charge in [0, 0.05) is 49.7 Å². The molecule has 3 rings (SSSR count). The summed E-state index contributed by atoms with van der Waals surface area (Å²) in [5.74, 6) is 0.673. The molecule has 1 fully saturated rings. The van der Waals surface area contributed by atoms with E-state index in [2.05, 4.69) is 20.2 Å². The minimum atomic E-state index is -0.374. The number of nitro benzene ring substituents is 1. The smallest absolute Gasteiger partial charge is 0.269 e. The number of likely N-dealkylation sites (tertiary alicyclic amines) is 1. The van der Waals surface area contributed by atoms with E-state index in [9.17, 15) is 10.1 Å². The first-order valence-corrected chi connectivity index (χ1v) is 7.62. The average molecular weight is 313 g/mol. The van der Waals surface area contributed by atoms with E-state index in [1.807, 2.05) is 25.1 Å². The summed E-state index contributed by atoms with van der Waals surface area (Å²) in [6.45, 7) is 4.64. The van der Waals surface area contributed by atoms with E-state index in [4.69, 9.17) is 0 Å². The number of rotatable bonds is 5. The number of nitro groups is 1. The Morgan fingerprint density at radius 3 is 2.83 bits per heavy atom. The minimum absolute atomic E-state index is 0.131. The summed E-state index contributed by atoms with van der Waals surface area (Å²) in [7, 11) is 0. The van der Waals surface area contributed by atoms with E-state index in [1.54, 1.807) is 18.3 Å². The SMILES string of the molecule is Cc1ccnc(NC2CCN(Cc3ccc([N+](=O)[O-])cc3)C2)n1. The van der Waals surface area contributed by atoms with Crippen LogP contribution in [0.1, 0.15) is 17.7 Å². The van der Waals surface area contributed by atoms with Gasteiger partial charge in [0.15, 0.2) is 0 Å². The van der Waals surface area contributed by atoms with Gasteiger partial charge in [0.2, 0.25) is 5.95 Å². The van der Waals surface area contributed by atoms with Crippen LogP contribution in [0.15, 0.2) is 36.5 Å². The Kier molecular flexibility index (Phi) is 4.47. The fourth-order valence-electron chi connectivity index (χ4n) is 2.78. The summed E-state index contributed by atoms with van der Waals surface area (Å²) >= 11 is 0. The highest BCUT2D eigenvalue weighted by Crippen LogP contribution is 2.18. The standard InChI is InChI=1S/C16H19N5O2/c1-12-6-8-17-16(18-12)19-14-7-9-20(11-14)10-13-2-4-15(5-3-13)21(22)23/h2-6,8,14H,7,9-11H2,1H3,(H,17,18,19). The molecular weight excluding hydrogens is 294 g/mol. The van der Waals surface area contributed by atoms with Crippen LogP contribution in [0.5, 0.6) is 0 Å². The van der Waals surface area contributed by atoms with Gasteiger partial charge in [0.25, 0.3) is 5.69 Å². The van der Waals surface area contributed by atoms with Crippen molar-refractivity contribution in [3.63, 3.8) is 0 Å². The molecule has 0 saturated carbocycles. The Bertz CT molecular complexity index is 689. The zero-order valence-corrected chi connectivity index (χ0v) is 13.0. The largest absolute Gasteiger partial charge is 0.350 e. The molecule has 1 N–H and O–H groups in total. The second kappa shape index (κ2) is 6.70. The van der Waals surface area contributed by atoms with Crippen LogP contribution in [0.2, 0.25) is 0 Å². The van der Waals surface area contributed by atoms with Crippen molar-refractivity contribution in [1.82, 2.24) is 14.9 Å². The molecule has 1 aromatic carbocycles. The third kappa shape index (κ3) is 4.01. The quantitative estimate of drug-likeness (QED) is 0.674. The maximum absolute atomic E-state index is 10.7. The van der Waals surface area contributed by atoms with Crippen LogP contribution in [0.25, 0.3) is 0 Å². The van der Waals surface area contributed by atoms with Gasteiger partial charge in [-0.2, -0.15) is 0 Å². The number of benzene rings is 1. The van der Waals surface area contributed by atoms with E-state index in [-0.39, 0.29) is 10.6 Å². The molecule has 0 radical (unpaired) electrons.